The Labute approximate surface area is 142 Å². The molecule has 0 fully saturated rings. The van der Waals surface area contributed by atoms with Crippen LogP contribution in [0.1, 0.15) is 11.3 Å². The molecule has 1 N–H and O–H groups in total. The fraction of sp³-hybridized carbons (Fsp3) is 0.0625. The monoisotopic (exact) mass is 344 g/mol. The van der Waals surface area contributed by atoms with Gasteiger partial charge in [-0.25, -0.2) is 4.68 Å². The lowest BCUT2D eigenvalue weighted by Crippen LogP contribution is -2.20. The lowest BCUT2D eigenvalue weighted by Gasteiger charge is -1.99. The summed E-state index contributed by atoms with van der Waals surface area (Å²) in [5, 5.41) is 14.4. The van der Waals surface area contributed by atoms with E-state index in [2.05, 4.69) is 15.6 Å². The molecule has 0 saturated carbocycles. The number of rotatable bonds is 5. The summed E-state index contributed by atoms with van der Waals surface area (Å²) in [6, 6.07) is 11.2. The zero-order chi connectivity index (χ0) is 16.1. The summed E-state index contributed by atoms with van der Waals surface area (Å²) in [6.45, 7) is 0.317. The van der Waals surface area contributed by atoms with Gasteiger partial charge in [-0.15, -0.1) is 16.4 Å². The SMILES string of the molecule is O=C(C=Cc1ccccc1Cl)NCc1cn(-c2cccs2)nn1. The molecule has 0 aliphatic carbocycles. The average molecular weight is 345 g/mol. The normalized spacial score (nSPS) is 11.0. The highest BCUT2D eigenvalue weighted by atomic mass is 35.5. The summed E-state index contributed by atoms with van der Waals surface area (Å²) in [4.78, 5) is 11.8. The molecule has 0 bridgehead atoms. The van der Waals surface area contributed by atoms with E-state index < -0.39 is 0 Å². The van der Waals surface area contributed by atoms with E-state index in [0.29, 0.717) is 17.3 Å². The van der Waals surface area contributed by atoms with Crippen molar-refractivity contribution in [3.8, 4) is 5.00 Å². The molecule has 3 aromatic rings. The van der Waals surface area contributed by atoms with Crippen molar-refractivity contribution in [1.82, 2.24) is 20.3 Å². The summed E-state index contributed by atoms with van der Waals surface area (Å²) >= 11 is 7.60. The standard InChI is InChI=1S/C16H13ClN4OS/c17-14-5-2-1-4-12(14)7-8-15(22)18-10-13-11-21(20-19-13)16-6-3-9-23-16/h1-9,11H,10H2,(H,18,22). The van der Waals surface area contributed by atoms with Crippen LogP contribution in [0.25, 0.3) is 11.1 Å². The largest absolute Gasteiger partial charge is 0.347 e. The van der Waals surface area contributed by atoms with Gasteiger partial charge in [0.05, 0.1) is 12.7 Å². The van der Waals surface area contributed by atoms with Crippen LogP contribution in [0.5, 0.6) is 0 Å². The van der Waals surface area contributed by atoms with Crippen LogP contribution in [0.15, 0.2) is 54.1 Å². The molecule has 2 aromatic heterocycles. The number of hydrogen-bond donors (Lipinski definition) is 1. The first-order valence-corrected chi connectivity index (χ1v) is 8.14. The molecule has 0 saturated heterocycles. The maximum Gasteiger partial charge on any atom is 0.244 e. The highest BCUT2D eigenvalue weighted by Crippen LogP contribution is 2.16. The first-order valence-electron chi connectivity index (χ1n) is 6.88. The summed E-state index contributed by atoms with van der Waals surface area (Å²) in [7, 11) is 0. The number of halogens is 1. The van der Waals surface area contributed by atoms with Crippen molar-refractivity contribution >= 4 is 34.9 Å². The molecule has 0 radical (unpaired) electrons. The molecule has 2 heterocycles. The minimum absolute atomic E-state index is 0.212. The van der Waals surface area contributed by atoms with Gasteiger partial charge in [-0.3, -0.25) is 4.79 Å². The third-order valence-electron chi connectivity index (χ3n) is 3.04. The molecular formula is C16H13ClN4OS. The Kier molecular flexibility index (Phi) is 4.85. The van der Waals surface area contributed by atoms with E-state index >= 15 is 0 Å². The molecule has 23 heavy (non-hydrogen) atoms. The summed E-state index contributed by atoms with van der Waals surface area (Å²) in [5.41, 5.74) is 1.49. The fourth-order valence-electron chi connectivity index (χ4n) is 1.90. The second-order valence-electron chi connectivity index (χ2n) is 4.68. The van der Waals surface area contributed by atoms with Crippen LogP contribution in [0.2, 0.25) is 5.02 Å². The van der Waals surface area contributed by atoms with Crippen molar-refractivity contribution in [2.75, 3.05) is 0 Å². The first kappa shape index (κ1) is 15.5. The third kappa shape index (κ3) is 4.06. The quantitative estimate of drug-likeness (QED) is 0.722. The van der Waals surface area contributed by atoms with Crippen LogP contribution in [0, 0.1) is 0 Å². The van der Waals surface area contributed by atoms with Gasteiger partial charge in [0.25, 0.3) is 0 Å². The Morgan fingerprint density at radius 1 is 1.30 bits per heavy atom. The average Bonchev–Trinajstić information content (AvgIpc) is 3.23. The van der Waals surface area contributed by atoms with Gasteiger partial charge in [-0.1, -0.05) is 35.0 Å². The van der Waals surface area contributed by atoms with Gasteiger partial charge in [-0.05, 0) is 35.2 Å². The van der Waals surface area contributed by atoms with Crippen LogP contribution in [0.4, 0.5) is 0 Å². The second kappa shape index (κ2) is 7.21. The van der Waals surface area contributed by atoms with Gasteiger partial charge in [0.15, 0.2) is 0 Å². The molecule has 1 amide bonds. The molecule has 1 aromatic carbocycles. The number of carbonyl (C=O) groups is 1. The van der Waals surface area contributed by atoms with Crippen LogP contribution >= 0.6 is 22.9 Å². The molecule has 0 aliphatic rings. The van der Waals surface area contributed by atoms with Crippen LogP contribution in [-0.2, 0) is 11.3 Å². The molecule has 0 atom stereocenters. The number of hydrogen-bond acceptors (Lipinski definition) is 4. The van der Waals surface area contributed by atoms with Crippen molar-refractivity contribution in [2.24, 2.45) is 0 Å². The molecule has 0 unspecified atom stereocenters. The maximum absolute atomic E-state index is 11.8. The van der Waals surface area contributed by atoms with E-state index in [1.165, 1.54) is 6.08 Å². The molecule has 7 heteroatoms. The predicted molar refractivity (Wildman–Crippen MR) is 91.6 cm³/mol. The second-order valence-corrected chi connectivity index (χ2v) is 6.01. The topological polar surface area (TPSA) is 59.8 Å². The molecular weight excluding hydrogens is 332 g/mol. The van der Waals surface area contributed by atoms with Gasteiger partial charge < -0.3 is 5.32 Å². The van der Waals surface area contributed by atoms with E-state index in [1.807, 2.05) is 35.7 Å². The smallest absolute Gasteiger partial charge is 0.244 e. The Bertz CT molecular complexity index is 826. The van der Waals surface area contributed by atoms with E-state index in [-0.39, 0.29) is 5.91 Å². The zero-order valence-electron chi connectivity index (χ0n) is 12.0. The third-order valence-corrected chi connectivity index (χ3v) is 4.24. The summed E-state index contributed by atoms with van der Waals surface area (Å²) in [6.07, 6.45) is 4.93. The number of thiophene rings is 1. The Morgan fingerprint density at radius 2 is 2.17 bits per heavy atom. The zero-order valence-corrected chi connectivity index (χ0v) is 13.6. The van der Waals surface area contributed by atoms with Crippen molar-refractivity contribution in [3.63, 3.8) is 0 Å². The number of benzene rings is 1. The van der Waals surface area contributed by atoms with Gasteiger partial charge in [0.1, 0.15) is 10.7 Å². The molecule has 0 aliphatic heterocycles. The van der Waals surface area contributed by atoms with Crippen molar-refractivity contribution in [3.05, 3.63) is 70.3 Å². The Hall–Kier alpha value is -2.44. The number of carbonyl (C=O) groups excluding carboxylic acids is 1. The van der Waals surface area contributed by atoms with Crippen LogP contribution in [-0.4, -0.2) is 20.9 Å². The maximum atomic E-state index is 11.8. The van der Waals surface area contributed by atoms with Crippen LogP contribution in [0.3, 0.4) is 0 Å². The van der Waals surface area contributed by atoms with E-state index in [1.54, 1.807) is 34.4 Å². The van der Waals surface area contributed by atoms with Gasteiger partial charge in [0, 0.05) is 11.1 Å². The minimum atomic E-state index is -0.212. The van der Waals surface area contributed by atoms with Crippen LogP contribution < -0.4 is 5.32 Å². The van der Waals surface area contributed by atoms with Gasteiger partial charge >= 0.3 is 0 Å². The van der Waals surface area contributed by atoms with Gasteiger partial charge in [0.2, 0.25) is 5.91 Å². The minimum Gasteiger partial charge on any atom is -0.347 e. The lowest BCUT2D eigenvalue weighted by atomic mass is 10.2. The summed E-state index contributed by atoms with van der Waals surface area (Å²) < 4.78 is 1.69. The first-order chi connectivity index (χ1) is 11.2. The van der Waals surface area contributed by atoms with Gasteiger partial charge in [-0.2, -0.15) is 0 Å². The molecule has 0 spiro atoms. The highest BCUT2D eigenvalue weighted by molar-refractivity contribution is 7.12. The molecule has 5 nitrogen and oxygen atoms in total. The number of nitrogens with zero attached hydrogens (tertiary/aromatic N) is 3. The lowest BCUT2D eigenvalue weighted by molar-refractivity contribution is -0.116. The Balaban J connectivity index is 1.56. The highest BCUT2D eigenvalue weighted by Gasteiger charge is 2.04. The molecule has 116 valence electrons. The predicted octanol–water partition coefficient (Wildman–Crippen LogP) is 3.31. The summed E-state index contributed by atoms with van der Waals surface area (Å²) in [5.74, 6) is -0.212. The van der Waals surface area contributed by atoms with Crippen molar-refractivity contribution in [2.45, 2.75) is 6.54 Å². The molecule has 3 rings (SSSR count). The number of aromatic nitrogens is 3. The number of nitrogens with one attached hydrogen (secondary N) is 1. The fourth-order valence-corrected chi connectivity index (χ4v) is 2.75. The van der Waals surface area contributed by atoms with E-state index in [4.69, 9.17) is 11.6 Å². The van der Waals surface area contributed by atoms with E-state index in [9.17, 15) is 4.79 Å². The van der Waals surface area contributed by atoms with Crippen molar-refractivity contribution < 1.29 is 4.79 Å². The van der Waals surface area contributed by atoms with E-state index in [0.717, 1.165) is 10.6 Å². The number of amides is 1. The van der Waals surface area contributed by atoms with Crippen molar-refractivity contribution in [1.29, 1.82) is 0 Å². The Morgan fingerprint density at radius 3 is 2.96 bits per heavy atom.